The molecule has 0 amide bonds. The van der Waals surface area contributed by atoms with Crippen molar-refractivity contribution in [3.05, 3.63) is 12.4 Å². The molecule has 1 fully saturated rings. The number of aromatic nitrogens is 2. The van der Waals surface area contributed by atoms with E-state index in [0.717, 1.165) is 31.4 Å². The van der Waals surface area contributed by atoms with Crippen molar-refractivity contribution >= 4 is 0 Å². The van der Waals surface area contributed by atoms with Crippen LogP contribution >= 0.6 is 0 Å². The molecule has 0 unspecified atom stereocenters. The van der Waals surface area contributed by atoms with Gasteiger partial charge in [-0.3, -0.25) is 4.68 Å². The zero-order chi connectivity index (χ0) is 11.6. The Balaban J connectivity index is 1.89. The normalized spacial score (nSPS) is 19.2. The minimum Gasteiger partial charge on any atom is -0.487 e. The lowest BCUT2D eigenvalue weighted by molar-refractivity contribution is 0.00137. The van der Waals surface area contributed by atoms with E-state index in [1.54, 1.807) is 6.20 Å². The highest BCUT2D eigenvalue weighted by atomic mass is 16.5. The first-order valence-corrected chi connectivity index (χ1v) is 5.98. The highest BCUT2D eigenvalue weighted by Crippen LogP contribution is 2.30. The Morgan fingerprint density at radius 2 is 2.19 bits per heavy atom. The topological polar surface area (TPSA) is 47.3 Å². The quantitative estimate of drug-likeness (QED) is 0.852. The van der Waals surface area contributed by atoms with Gasteiger partial charge >= 0.3 is 0 Å². The molecule has 0 saturated heterocycles. The molecular formula is C12H20N2O2. The van der Waals surface area contributed by atoms with Crippen molar-refractivity contribution in [1.29, 1.82) is 0 Å². The summed E-state index contributed by atoms with van der Waals surface area (Å²) in [5.41, 5.74) is -0.611. The zero-order valence-electron chi connectivity index (χ0n) is 10.0. The molecule has 1 heterocycles. The van der Waals surface area contributed by atoms with Gasteiger partial charge < -0.3 is 9.84 Å². The van der Waals surface area contributed by atoms with Crippen LogP contribution in [0.2, 0.25) is 0 Å². The molecule has 0 radical (unpaired) electrons. The Labute approximate surface area is 96.2 Å². The lowest BCUT2D eigenvalue weighted by Gasteiger charge is -2.21. The van der Waals surface area contributed by atoms with Crippen LogP contribution in [0.3, 0.4) is 0 Å². The summed E-state index contributed by atoms with van der Waals surface area (Å²) in [5.74, 6) is 0.744. The molecule has 0 aliphatic heterocycles. The van der Waals surface area contributed by atoms with Crippen LogP contribution in [0.5, 0.6) is 5.75 Å². The second-order valence-corrected chi connectivity index (χ2v) is 4.97. The van der Waals surface area contributed by atoms with Crippen LogP contribution < -0.4 is 4.74 Å². The summed E-state index contributed by atoms with van der Waals surface area (Å²) in [6.07, 6.45) is 7.49. The fraction of sp³-hybridized carbons (Fsp3) is 0.750. The second kappa shape index (κ2) is 4.45. The molecule has 4 heteroatoms. The number of hydrogen-bond acceptors (Lipinski definition) is 3. The predicted octanol–water partition coefficient (Wildman–Crippen LogP) is 2.15. The van der Waals surface area contributed by atoms with E-state index in [-0.39, 0.29) is 0 Å². The van der Waals surface area contributed by atoms with Crippen LogP contribution in [-0.2, 0) is 0 Å². The molecule has 0 atom stereocenters. The van der Waals surface area contributed by atoms with Crippen molar-refractivity contribution < 1.29 is 9.84 Å². The first-order chi connectivity index (χ1) is 7.59. The average molecular weight is 224 g/mol. The minimum absolute atomic E-state index is 0.340. The van der Waals surface area contributed by atoms with E-state index in [4.69, 9.17) is 4.74 Å². The summed E-state index contributed by atoms with van der Waals surface area (Å²) in [7, 11) is 0. The van der Waals surface area contributed by atoms with Gasteiger partial charge in [-0.25, -0.2) is 0 Å². The third-order valence-corrected chi connectivity index (χ3v) is 3.15. The smallest absolute Gasteiger partial charge is 0.157 e. The Kier molecular flexibility index (Phi) is 3.19. The molecule has 1 aliphatic rings. The predicted molar refractivity (Wildman–Crippen MR) is 61.5 cm³/mol. The molecule has 1 aromatic rings. The van der Waals surface area contributed by atoms with Crippen molar-refractivity contribution in [2.45, 2.75) is 51.2 Å². The lowest BCUT2D eigenvalue weighted by Crippen LogP contribution is -2.32. The van der Waals surface area contributed by atoms with Crippen LogP contribution in [-0.4, -0.2) is 27.1 Å². The van der Waals surface area contributed by atoms with Crippen LogP contribution in [0.1, 0.15) is 45.6 Å². The highest BCUT2D eigenvalue weighted by molar-refractivity contribution is 5.12. The average Bonchev–Trinajstić information content (AvgIpc) is 2.84. The van der Waals surface area contributed by atoms with Gasteiger partial charge in [-0.15, -0.1) is 0 Å². The van der Waals surface area contributed by atoms with Gasteiger partial charge in [0.2, 0.25) is 0 Å². The molecule has 90 valence electrons. The fourth-order valence-electron chi connectivity index (χ4n) is 2.07. The zero-order valence-corrected chi connectivity index (χ0v) is 10.0. The molecule has 0 aromatic carbocycles. The van der Waals surface area contributed by atoms with Gasteiger partial charge in [-0.1, -0.05) is 12.8 Å². The summed E-state index contributed by atoms with van der Waals surface area (Å²) in [6, 6.07) is 0.340. The number of aliphatic hydroxyl groups is 1. The van der Waals surface area contributed by atoms with Crippen molar-refractivity contribution in [1.82, 2.24) is 9.78 Å². The van der Waals surface area contributed by atoms with E-state index in [2.05, 4.69) is 18.9 Å². The molecule has 2 rings (SSSR count). The summed E-state index contributed by atoms with van der Waals surface area (Å²) < 4.78 is 7.45. The van der Waals surface area contributed by atoms with Gasteiger partial charge in [0.25, 0.3) is 0 Å². The maximum atomic E-state index is 10.1. The molecule has 4 nitrogen and oxygen atoms in total. The Morgan fingerprint density at radius 1 is 1.50 bits per heavy atom. The number of hydrogen-bond donors (Lipinski definition) is 1. The van der Waals surface area contributed by atoms with E-state index < -0.39 is 5.60 Å². The summed E-state index contributed by atoms with van der Waals surface area (Å²) in [4.78, 5) is 0. The van der Waals surface area contributed by atoms with Gasteiger partial charge in [0, 0.05) is 6.04 Å². The summed E-state index contributed by atoms with van der Waals surface area (Å²) >= 11 is 0. The molecular weight excluding hydrogens is 204 g/mol. The molecule has 1 N–H and O–H groups in total. The third kappa shape index (κ3) is 2.55. The third-order valence-electron chi connectivity index (χ3n) is 3.15. The fourth-order valence-corrected chi connectivity index (χ4v) is 2.07. The van der Waals surface area contributed by atoms with Crippen LogP contribution in [0, 0.1) is 0 Å². The summed E-state index contributed by atoms with van der Waals surface area (Å²) in [6.45, 7) is 4.53. The van der Waals surface area contributed by atoms with Gasteiger partial charge in [-0.05, 0) is 26.7 Å². The van der Waals surface area contributed by atoms with Crippen LogP contribution in [0.25, 0.3) is 0 Å². The SMILES string of the molecule is CC(C)n1cc(OCC2(O)CCCC2)cn1. The minimum atomic E-state index is -0.611. The highest BCUT2D eigenvalue weighted by Gasteiger charge is 2.31. The monoisotopic (exact) mass is 224 g/mol. The van der Waals surface area contributed by atoms with E-state index in [1.165, 1.54) is 0 Å². The largest absolute Gasteiger partial charge is 0.487 e. The van der Waals surface area contributed by atoms with Gasteiger partial charge in [0.1, 0.15) is 6.61 Å². The van der Waals surface area contributed by atoms with Crippen molar-refractivity contribution in [3.63, 3.8) is 0 Å². The number of ether oxygens (including phenoxy) is 1. The van der Waals surface area contributed by atoms with E-state index >= 15 is 0 Å². The lowest BCUT2D eigenvalue weighted by atomic mass is 10.0. The van der Waals surface area contributed by atoms with Gasteiger partial charge in [-0.2, -0.15) is 5.10 Å². The van der Waals surface area contributed by atoms with Crippen molar-refractivity contribution in [3.8, 4) is 5.75 Å². The second-order valence-electron chi connectivity index (χ2n) is 4.97. The first kappa shape index (κ1) is 11.5. The molecule has 1 saturated carbocycles. The van der Waals surface area contributed by atoms with E-state index in [0.29, 0.717) is 12.6 Å². The Bertz CT molecular complexity index is 341. The molecule has 0 spiro atoms. The molecule has 0 bridgehead atoms. The number of rotatable bonds is 4. The Morgan fingerprint density at radius 3 is 2.75 bits per heavy atom. The van der Waals surface area contributed by atoms with Crippen LogP contribution in [0.4, 0.5) is 0 Å². The van der Waals surface area contributed by atoms with Gasteiger partial charge in [0.15, 0.2) is 5.75 Å². The van der Waals surface area contributed by atoms with Crippen molar-refractivity contribution in [2.75, 3.05) is 6.61 Å². The standard InChI is InChI=1S/C12H20N2O2/c1-10(2)14-8-11(7-13-14)16-9-12(15)5-3-4-6-12/h7-8,10,15H,3-6,9H2,1-2H3. The van der Waals surface area contributed by atoms with E-state index in [9.17, 15) is 5.11 Å². The maximum Gasteiger partial charge on any atom is 0.157 e. The first-order valence-electron chi connectivity index (χ1n) is 5.98. The summed E-state index contributed by atoms with van der Waals surface area (Å²) in [5, 5.41) is 14.3. The molecule has 1 aliphatic carbocycles. The van der Waals surface area contributed by atoms with Crippen molar-refractivity contribution in [2.24, 2.45) is 0 Å². The number of nitrogens with zero attached hydrogens (tertiary/aromatic N) is 2. The van der Waals surface area contributed by atoms with Crippen LogP contribution in [0.15, 0.2) is 12.4 Å². The maximum absolute atomic E-state index is 10.1. The molecule has 1 aromatic heterocycles. The van der Waals surface area contributed by atoms with E-state index in [1.807, 2.05) is 10.9 Å². The molecule has 16 heavy (non-hydrogen) atoms. The van der Waals surface area contributed by atoms with Gasteiger partial charge in [0.05, 0.1) is 18.0 Å². The Hall–Kier alpha value is -1.03.